The number of nitrogens with one attached hydrogen (secondary N) is 2. The van der Waals surface area contributed by atoms with Gasteiger partial charge in [-0.1, -0.05) is 30.3 Å². The van der Waals surface area contributed by atoms with E-state index in [9.17, 15) is 28.1 Å². The molecule has 30 heavy (non-hydrogen) atoms. The second-order valence-corrected chi connectivity index (χ2v) is 8.21. The second-order valence-electron chi connectivity index (χ2n) is 6.64. The molecule has 0 fully saturated rings. The molecule has 3 atom stereocenters. The summed E-state index contributed by atoms with van der Waals surface area (Å²) in [6.07, 6.45) is -0.0687. The molecule has 0 bridgehead atoms. The molecule has 2 rings (SSSR count). The van der Waals surface area contributed by atoms with Gasteiger partial charge in [-0.25, -0.2) is 9.18 Å². The highest BCUT2D eigenvalue weighted by molar-refractivity contribution is 7.85. The summed E-state index contributed by atoms with van der Waals surface area (Å²) in [6, 6.07) is 11.8. The van der Waals surface area contributed by atoms with Crippen LogP contribution in [0, 0.1) is 5.82 Å². The van der Waals surface area contributed by atoms with Crippen molar-refractivity contribution in [2.75, 3.05) is 5.75 Å². The zero-order valence-electron chi connectivity index (χ0n) is 16.3. The van der Waals surface area contributed by atoms with Gasteiger partial charge in [-0.05, 0) is 36.2 Å². The predicted octanol–water partition coefficient (Wildman–Crippen LogP) is 1.64. The van der Waals surface area contributed by atoms with E-state index in [0.29, 0.717) is 10.5 Å². The van der Waals surface area contributed by atoms with E-state index in [-0.39, 0.29) is 18.6 Å². The normalized spacial score (nSPS) is 13.7. The Hall–Kier alpha value is -3.07. The molecular weight excluding hydrogens is 411 g/mol. The Labute approximate surface area is 176 Å². The molecule has 3 N–H and O–H groups in total. The van der Waals surface area contributed by atoms with Gasteiger partial charge in [0.1, 0.15) is 17.9 Å². The van der Waals surface area contributed by atoms with E-state index in [0.717, 1.165) is 0 Å². The third kappa shape index (κ3) is 7.40. The Morgan fingerprint density at radius 2 is 1.73 bits per heavy atom. The van der Waals surface area contributed by atoms with Gasteiger partial charge in [0.2, 0.25) is 11.8 Å². The quantitative estimate of drug-likeness (QED) is 0.526. The first kappa shape index (κ1) is 23.2. The number of carbonyl (C=O) groups is 3. The molecule has 7 nitrogen and oxygen atoms in total. The van der Waals surface area contributed by atoms with Crippen LogP contribution in [-0.2, 0) is 31.6 Å². The van der Waals surface area contributed by atoms with E-state index in [1.54, 1.807) is 36.4 Å². The largest absolute Gasteiger partial charge is 0.480 e. The van der Waals surface area contributed by atoms with Gasteiger partial charge < -0.3 is 15.7 Å². The molecule has 0 saturated carbocycles. The van der Waals surface area contributed by atoms with Crippen molar-refractivity contribution in [2.24, 2.45) is 0 Å². The molecule has 2 amide bonds. The molecule has 0 heterocycles. The molecule has 0 aliphatic carbocycles. The summed E-state index contributed by atoms with van der Waals surface area (Å²) in [5, 5.41) is 14.3. The van der Waals surface area contributed by atoms with Crippen LogP contribution in [0.15, 0.2) is 59.5 Å². The third-order valence-corrected chi connectivity index (χ3v) is 5.64. The Kier molecular flexibility index (Phi) is 8.67. The molecule has 0 unspecified atom stereocenters. The fourth-order valence-electron chi connectivity index (χ4n) is 2.80. The average Bonchev–Trinajstić information content (AvgIpc) is 2.70. The predicted molar refractivity (Wildman–Crippen MR) is 110 cm³/mol. The molecule has 9 heteroatoms. The van der Waals surface area contributed by atoms with Crippen LogP contribution in [0.25, 0.3) is 0 Å². The zero-order valence-corrected chi connectivity index (χ0v) is 17.2. The SMILES string of the molecule is CC(=O)N[C@@H](Cc1cccc(F)c1)C(=O)N[C@H](CC[S@](=O)c1ccccc1)C(=O)O. The minimum Gasteiger partial charge on any atom is -0.480 e. The maximum Gasteiger partial charge on any atom is 0.326 e. The van der Waals surface area contributed by atoms with E-state index < -0.39 is 46.5 Å². The molecule has 160 valence electrons. The summed E-state index contributed by atoms with van der Waals surface area (Å²) in [6.45, 7) is 1.23. The van der Waals surface area contributed by atoms with Gasteiger partial charge in [0, 0.05) is 24.0 Å². The second kappa shape index (κ2) is 11.2. The Bertz CT molecular complexity index is 923. The number of amides is 2. The molecule has 0 radical (unpaired) electrons. The molecule has 2 aromatic carbocycles. The first-order chi connectivity index (χ1) is 14.3. The van der Waals surface area contributed by atoms with Crippen LogP contribution in [0.4, 0.5) is 4.39 Å². The highest BCUT2D eigenvalue weighted by Gasteiger charge is 2.26. The van der Waals surface area contributed by atoms with Gasteiger partial charge in [-0.2, -0.15) is 0 Å². The maximum atomic E-state index is 13.4. The average molecular weight is 434 g/mol. The van der Waals surface area contributed by atoms with Crippen molar-refractivity contribution in [3.8, 4) is 0 Å². The summed E-state index contributed by atoms with van der Waals surface area (Å²) in [7, 11) is -1.42. The van der Waals surface area contributed by atoms with E-state index in [1.165, 1.54) is 25.1 Å². The lowest BCUT2D eigenvalue weighted by atomic mass is 10.0. The lowest BCUT2D eigenvalue weighted by molar-refractivity contribution is -0.142. The summed E-state index contributed by atoms with van der Waals surface area (Å²) in [4.78, 5) is 36.3. The number of halogens is 1. The van der Waals surface area contributed by atoms with E-state index >= 15 is 0 Å². The van der Waals surface area contributed by atoms with Crippen LogP contribution in [0.5, 0.6) is 0 Å². The Morgan fingerprint density at radius 3 is 2.33 bits per heavy atom. The van der Waals surface area contributed by atoms with Crippen LogP contribution >= 0.6 is 0 Å². The smallest absolute Gasteiger partial charge is 0.326 e. The molecule has 2 aromatic rings. The van der Waals surface area contributed by atoms with Gasteiger partial charge in [0.15, 0.2) is 0 Å². The highest BCUT2D eigenvalue weighted by Crippen LogP contribution is 2.10. The van der Waals surface area contributed by atoms with Crippen molar-refractivity contribution in [3.05, 3.63) is 66.0 Å². The van der Waals surface area contributed by atoms with Gasteiger partial charge in [-0.15, -0.1) is 0 Å². The van der Waals surface area contributed by atoms with Gasteiger partial charge in [0.05, 0.1) is 10.8 Å². The monoisotopic (exact) mass is 434 g/mol. The highest BCUT2D eigenvalue weighted by atomic mass is 32.2. The summed E-state index contributed by atoms with van der Waals surface area (Å²) < 4.78 is 25.7. The number of carboxylic acid groups (broad SMARTS) is 1. The van der Waals surface area contributed by atoms with Crippen molar-refractivity contribution in [1.82, 2.24) is 10.6 Å². The van der Waals surface area contributed by atoms with Crippen molar-refractivity contribution >= 4 is 28.6 Å². The zero-order chi connectivity index (χ0) is 22.1. The van der Waals surface area contributed by atoms with E-state index in [1.807, 2.05) is 0 Å². The first-order valence-electron chi connectivity index (χ1n) is 9.24. The van der Waals surface area contributed by atoms with Gasteiger partial charge in [0.25, 0.3) is 0 Å². The van der Waals surface area contributed by atoms with Crippen molar-refractivity contribution < 1.29 is 28.1 Å². The van der Waals surface area contributed by atoms with Crippen molar-refractivity contribution in [2.45, 2.75) is 36.7 Å². The third-order valence-electron chi connectivity index (χ3n) is 4.24. The van der Waals surface area contributed by atoms with E-state index in [2.05, 4.69) is 10.6 Å². The standard InChI is InChI=1S/C21H23FN2O5S/c1-14(25)23-19(13-15-6-5-7-16(22)12-15)20(26)24-18(21(27)28)10-11-30(29)17-8-3-2-4-9-17/h2-9,12,18-19H,10-11,13H2,1H3,(H,23,25)(H,24,26)(H,27,28)/t18-,19+,30+/m1/s1. The summed E-state index contributed by atoms with van der Waals surface area (Å²) in [5.74, 6) is -2.92. The van der Waals surface area contributed by atoms with Gasteiger partial charge in [-0.3, -0.25) is 13.8 Å². The first-order valence-corrected chi connectivity index (χ1v) is 10.6. The fourth-order valence-corrected chi connectivity index (χ4v) is 3.95. The topological polar surface area (TPSA) is 113 Å². The molecule has 0 spiro atoms. The van der Waals surface area contributed by atoms with Crippen LogP contribution in [0.2, 0.25) is 0 Å². The summed E-state index contributed by atoms with van der Waals surface area (Å²) in [5.41, 5.74) is 0.473. The van der Waals surface area contributed by atoms with Crippen LogP contribution in [0.1, 0.15) is 18.9 Å². The number of benzene rings is 2. The number of hydrogen-bond acceptors (Lipinski definition) is 4. The number of carboxylic acids is 1. The number of hydrogen-bond donors (Lipinski definition) is 3. The molecule has 0 saturated heterocycles. The number of carbonyl (C=O) groups excluding carboxylic acids is 2. The van der Waals surface area contributed by atoms with Crippen LogP contribution in [-0.4, -0.2) is 44.9 Å². The Balaban J connectivity index is 2.04. The molecule has 0 aliphatic rings. The van der Waals surface area contributed by atoms with E-state index in [4.69, 9.17) is 0 Å². The Morgan fingerprint density at radius 1 is 1.03 bits per heavy atom. The molecule has 0 aromatic heterocycles. The lowest BCUT2D eigenvalue weighted by Crippen LogP contribution is -2.52. The minimum atomic E-state index is -1.42. The summed E-state index contributed by atoms with van der Waals surface area (Å²) >= 11 is 0. The number of aliphatic carboxylic acids is 1. The fraction of sp³-hybridized carbons (Fsp3) is 0.286. The van der Waals surface area contributed by atoms with Crippen molar-refractivity contribution in [3.63, 3.8) is 0 Å². The molecular formula is C21H23FN2O5S. The lowest BCUT2D eigenvalue weighted by Gasteiger charge is -2.21. The van der Waals surface area contributed by atoms with Gasteiger partial charge >= 0.3 is 5.97 Å². The van der Waals surface area contributed by atoms with Crippen LogP contribution < -0.4 is 10.6 Å². The maximum absolute atomic E-state index is 13.4. The van der Waals surface area contributed by atoms with Crippen molar-refractivity contribution in [1.29, 1.82) is 0 Å². The molecule has 0 aliphatic heterocycles. The number of rotatable bonds is 10. The minimum absolute atomic E-state index is 0.00847. The van der Waals surface area contributed by atoms with Crippen LogP contribution in [0.3, 0.4) is 0 Å².